The van der Waals surface area contributed by atoms with E-state index in [2.05, 4.69) is 33.0 Å². The standard InChI is InChI=1S/C15H26N2OS/c1-10(2)17-15(4,11(3)18-5)14-16-12-8-6-7-9-13(12)19-14/h10-11,17H,6-9H2,1-5H3. The van der Waals surface area contributed by atoms with Gasteiger partial charge in [0.15, 0.2) is 0 Å². The third-order valence-corrected chi connectivity index (χ3v) is 5.44. The maximum Gasteiger partial charge on any atom is 0.116 e. The Balaban J connectivity index is 2.34. The van der Waals surface area contributed by atoms with E-state index in [1.54, 1.807) is 7.11 Å². The molecule has 4 heteroatoms. The molecule has 1 aromatic rings. The van der Waals surface area contributed by atoms with Crippen molar-refractivity contribution in [2.75, 3.05) is 7.11 Å². The van der Waals surface area contributed by atoms with Gasteiger partial charge in [-0.15, -0.1) is 11.3 Å². The first-order valence-electron chi connectivity index (χ1n) is 7.27. The van der Waals surface area contributed by atoms with Gasteiger partial charge in [-0.3, -0.25) is 0 Å². The van der Waals surface area contributed by atoms with Crippen LogP contribution in [0, 0.1) is 0 Å². The van der Waals surface area contributed by atoms with Crippen LogP contribution in [0.4, 0.5) is 0 Å². The third kappa shape index (κ3) is 3.01. The summed E-state index contributed by atoms with van der Waals surface area (Å²) in [6.07, 6.45) is 5.03. The second-order valence-electron chi connectivity index (χ2n) is 5.98. The van der Waals surface area contributed by atoms with E-state index < -0.39 is 0 Å². The van der Waals surface area contributed by atoms with Gasteiger partial charge in [-0.2, -0.15) is 0 Å². The van der Waals surface area contributed by atoms with Crippen LogP contribution in [0.25, 0.3) is 0 Å². The number of nitrogens with one attached hydrogen (secondary N) is 1. The number of aryl methyl sites for hydroxylation is 2. The zero-order chi connectivity index (χ0) is 14.0. The van der Waals surface area contributed by atoms with Crippen molar-refractivity contribution in [3.63, 3.8) is 0 Å². The molecular weight excluding hydrogens is 256 g/mol. The minimum absolute atomic E-state index is 0.0995. The minimum atomic E-state index is -0.203. The third-order valence-electron chi connectivity index (χ3n) is 4.05. The molecule has 0 aromatic carbocycles. The molecule has 1 aromatic heterocycles. The van der Waals surface area contributed by atoms with Gasteiger partial charge in [-0.05, 0) is 53.4 Å². The van der Waals surface area contributed by atoms with Crippen LogP contribution in [0.3, 0.4) is 0 Å². The van der Waals surface area contributed by atoms with Crippen LogP contribution in [0.1, 0.15) is 56.1 Å². The maximum absolute atomic E-state index is 5.61. The average Bonchev–Trinajstić information content (AvgIpc) is 2.81. The first kappa shape index (κ1) is 14.9. The Morgan fingerprint density at radius 1 is 1.26 bits per heavy atom. The predicted octanol–water partition coefficient (Wildman–Crippen LogP) is 3.27. The zero-order valence-corrected chi connectivity index (χ0v) is 13.6. The Labute approximate surface area is 120 Å². The minimum Gasteiger partial charge on any atom is -0.379 e. The van der Waals surface area contributed by atoms with Gasteiger partial charge in [0.2, 0.25) is 0 Å². The fourth-order valence-electron chi connectivity index (χ4n) is 2.76. The molecule has 0 saturated heterocycles. The lowest BCUT2D eigenvalue weighted by molar-refractivity contribution is 0.0318. The van der Waals surface area contributed by atoms with Crippen molar-refractivity contribution >= 4 is 11.3 Å². The highest BCUT2D eigenvalue weighted by molar-refractivity contribution is 7.11. The summed E-state index contributed by atoms with van der Waals surface area (Å²) in [6, 6.07) is 0.406. The highest BCUT2D eigenvalue weighted by Crippen LogP contribution is 2.35. The van der Waals surface area contributed by atoms with Gasteiger partial charge in [0.1, 0.15) is 5.01 Å². The number of fused-ring (bicyclic) bond motifs is 1. The Morgan fingerprint density at radius 2 is 1.95 bits per heavy atom. The highest BCUT2D eigenvalue weighted by Gasteiger charge is 2.37. The monoisotopic (exact) mass is 282 g/mol. The van der Waals surface area contributed by atoms with Crippen LogP contribution in [-0.4, -0.2) is 24.2 Å². The van der Waals surface area contributed by atoms with Crippen LogP contribution < -0.4 is 5.32 Å². The summed E-state index contributed by atoms with van der Waals surface area (Å²) < 4.78 is 5.61. The van der Waals surface area contributed by atoms with E-state index in [4.69, 9.17) is 9.72 Å². The van der Waals surface area contributed by atoms with E-state index in [0.29, 0.717) is 6.04 Å². The number of rotatable bonds is 5. The summed E-state index contributed by atoms with van der Waals surface area (Å²) in [5.41, 5.74) is 1.12. The van der Waals surface area contributed by atoms with Crippen LogP contribution in [0.5, 0.6) is 0 Å². The van der Waals surface area contributed by atoms with Crippen molar-refractivity contribution < 1.29 is 4.74 Å². The fourth-order valence-corrected chi connectivity index (χ4v) is 4.10. The number of methoxy groups -OCH3 is 1. The number of hydrogen-bond acceptors (Lipinski definition) is 4. The molecule has 0 fully saturated rings. The Hall–Kier alpha value is -0.450. The molecule has 108 valence electrons. The summed E-state index contributed by atoms with van der Waals surface area (Å²) in [5, 5.41) is 4.84. The molecule has 0 bridgehead atoms. The zero-order valence-electron chi connectivity index (χ0n) is 12.7. The quantitative estimate of drug-likeness (QED) is 0.900. The fraction of sp³-hybridized carbons (Fsp3) is 0.800. The van der Waals surface area contributed by atoms with Crippen LogP contribution in [0.2, 0.25) is 0 Å². The van der Waals surface area contributed by atoms with Gasteiger partial charge < -0.3 is 10.1 Å². The van der Waals surface area contributed by atoms with Crippen molar-refractivity contribution in [3.05, 3.63) is 15.6 Å². The van der Waals surface area contributed by atoms with E-state index in [0.717, 1.165) is 6.42 Å². The van der Waals surface area contributed by atoms with Crippen LogP contribution >= 0.6 is 11.3 Å². The SMILES string of the molecule is COC(C)C(C)(NC(C)C)c1nc2c(s1)CCCC2. The molecule has 0 spiro atoms. The van der Waals surface area contributed by atoms with Gasteiger partial charge in [0, 0.05) is 18.0 Å². The molecule has 2 rings (SSSR count). The predicted molar refractivity (Wildman–Crippen MR) is 80.9 cm³/mol. The molecule has 1 heterocycles. The van der Waals surface area contributed by atoms with Crippen molar-refractivity contribution in [1.29, 1.82) is 0 Å². The lowest BCUT2D eigenvalue weighted by Crippen LogP contribution is -2.51. The summed E-state index contributed by atoms with van der Waals surface area (Å²) in [5.74, 6) is 0. The molecule has 1 N–H and O–H groups in total. The molecule has 1 aliphatic rings. The second kappa shape index (κ2) is 5.90. The molecule has 0 amide bonds. The maximum atomic E-state index is 5.61. The van der Waals surface area contributed by atoms with E-state index in [1.807, 2.05) is 11.3 Å². The van der Waals surface area contributed by atoms with E-state index in [-0.39, 0.29) is 11.6 Å². The number of aromatic nitrogens is 1. The number of hydrogen-bond donors (Lipinski definition) is 1. The van der Waals surface area contributed by atoms with E-state index in [9.17, 15) is 0 Å². The molecule has 19 heavy (non-hydrogen) atoms. The lowest BCUT2D eigenvalue weighted by Gasteiger charge is -2.35. The van der Waals surface area contributed by atoms with Crippen LogP contribution in [0.15, 0.2) is 0 Å². The van der Waals surface area contributed by atoms with Crippen molar-refractivity contribution in [3.8, 4) is 0 Å². The average molecular weight is 282 g/mol. The summed E-state index contributed by atoms with van der Waals surface area (Å²) in [4.78, 5) is 6.41. The van der Waals surface area contributed by atoms with Crippen molar-refractivity contribution in [2.45, 2.75) is 71.1 Å². The number of thiazole rings is 1. The molecule has 0 radical (unpaired) electrons. The summed E-state index contributed by atoms with van der Waals surface area (Å²) in [6.45, 7) is 8.68. The van der Waals surface area contributed by atoms with Gasteiger partial charge in [-0.25, -0.2) is 4.98 Å². The Morgan fingerprint density at radius 3 is 2.53 bits per heavy atom. The summed E-state index contributed by atoms with van der Waals surface area (Å²) >= 11 is 1.87. The van der Waals surface area contributed by atoms with Gasteiger partial charge >= 0.3 is 0 Å². The van der Waals surface area contributed by atoms with Crippen molar-refractivity contribution in [2.24, 2.45) is 0 Å². The lowest BCUT2D eigenvalue weighted by atomic mass is 9.95. The first-order chi connectivity index (χ1) is 8.97. The highest BCUT2D eigenvalue weighted by atomic mass is 32.1. The summed E-state index contributed by atoms with van der Waals surface area (Å²) in [7, 11) is 1.78. The molecule has 0 saturated carbocycles. The molecule has 0 aliphatic heterocycles. The number of nitrogens with zero attached hydrogens (tertiary/aromatic N) is 1. The molecular formula is C15H26N2OS. The largest absolute Gasteiger partial charge is 0.379 e. The topological polar surface area (TPSA) is 34.1 Å². The van der Waals surface area contributed by atoms with Gasteiger partial charge in [-0.1, -0.05) is 0 Å². The van der Waals surface area contributed by atoms with Gasteiger partial charge in [0.25, 0.3) is 0 Å². The molecule has 2 atom stereocenters. The Kier molecular flexibility index (Phi) is 4.64. The molecule has 3 nitrogen and oxygen atoms in total. The number of ether oxygens (including phenoxy) is 1. The normalized spacial score (nSPS) is 20.1. The van der Waals surface area contributed by atoms with Crippen LogP contribution in [-0.2, 0) is 23.1 Å². The second-order valence-corrected chi connectivity index (χ2v) is 7.06. The van der Waals surface area contributed by atoms with E-state index >= 15 is 0 Å². The smallest absolute Gasteiger partial charge is 0.116 e. The molecule has 2 unspecified atom stereocenters. The van der Waals surface area contributed by atoms with Gasteiger partial charge in [0.05, 0.1) is 17.3 Å². The van der Waals surface area contributed by atoms with E-state index in [1.165, 1.54) is 34.8 Å². The van der Waals surface area contributed by atoms with Crippen molar-refractivity contribution in [1.82, 2.24) is 10.3 Å². The first-order valence-corrected chi connectivity index (χ1v) is 8.08. The molecule has 1 aliphatic carbocycles. The Bertz CT molecular complexity index is 406.